The molecule has 6 heteroatoms. The van der Waals surface area contributed by atoms with Gasteiger partial charge in [-0.15, -0.1) is 0 Å². The molecule has 2 N–H and O–H groups in total. The first-order chi connectivity index (χ1) is 16.9. The number of hydrogen-bond donors (Lipinski definition) is 2. The van der Waals surface area contributed by atoms with E-state index in [2.05, 4.69) is 10.6 Å². The van der Waals surface area contributed by atoms with Crippen molar-refractivity contribution in [3.05, 3.63) is 131 Å². The van der Waals surface area contributed by atoms with Crippen LogP contribution in [0.25, 0.3) is 0 Å². The number of rotatable bonds is 7. The molecule has 0 saturated heterocycles. The molecule has 0 radical (unpaired) electrons. The van der Waals surface area contributed by atoms with E-state index in [1.54, 1.807) is 61.5 Å². The summed E-state index contributed by atoms with van der Waals surface area (Å²) in [6.07, 6.45) is 0. The molecule has 0 unspecified atom stereocenters. The zero-order chi connectivity index (χ0) is 24.8. The van der Waals surface area contributed by atoms with Gasteiger partial charge < -0.3 is 10.6 Å². The number of halogens is 1. The van der Waals surface area contributed by atoms with Gasteiger partial charge in [-0.2, -0.15) is 0 Å². The van der Waals surface area contributed by atoms with Crippen LogP contribution in [-0.2, 0) is 4.79 Å². The van der Waals surface area contributed by atoms with Gasteiger partial charge in [-0.05, 0) is 67.1 Å². The van der Waals surface area contributed by atoms with Crippen LogP contribution in [-0.4, -0.2) is 17.6 Å². The van der Waals surface area contributed by atoms with Crippen LogP contribution in [0.5, 0.6) is 0 Å². The molecule has 0 aliphatic heterocycles. The second-order valence-electron chi connectivity index (χ2n) is 8.07. The number of ketones is 1. The van der Waals surface area contributed by atoms with Gasteiger partial charge in [0.2, 0.25) is 5.91 Å². The Morgan fingerprint density at radius 1 is 0.657 bits per heavy atom. The van der Waals surface area contributed by atoms with Gasteiger partial charge in [-0.1, -0.05) is 48.5 Å². The van der Waals surface area contributed by atoms with E-state index in [4.69, 9.17) is 0 Å². The van der Waals surface area contributed by atoms with E-state index in [-0.39, 0.29) is 23.4 Å². The van der Waals surface area contributed by atoms with E-state index in [1.165, 1.54) is 24.3 Å². The first-order valence-electron chi connectivity index (χ1n) is 11.1. The molecule has 4 aromatic carbocycles. The molecule has 174 valence electrons. The fourth-order valence-electron chi connectivity index (χ4n) is 3.55. The smallest absolute Gasteiger partial charge is 0.255 e. The zero-order valence-corrected chi connectivity index (χ0v) is 19.0. The molecule has 0 aliphatic carbocycles. The first kappa shape index (κ1) is 23.6. The van der Waals surface area contributed by atoms with Crippen LogP contribution in [0.2, 0.25) is 0 Å². The number of hydrogen-bond acceptors (Lipinski definition) is 3. The highest BCUT2D eigenvalue weighted by Gasteiger charge is 2.18. The maximum absolute atomic E-state index is 13.0. The fourth-order valence-corrected chi connectivity index (χ4v) is 3.55. The molecule has 2 amide bonds. The summed E-state index contributed by atoms with van der Waals surface area (Å²) < 4.78 is 13.0. The summed E-state index contributed by atoms with van der Waals surface area (Å²) in [7, 11) is 0. The van der Waals surface area contributed by atoms with Gasteiger partial charge in [0.05, 0.1) is 5.92 Å². The number of carbonyl (C=O) groups excluding carboxylic acids is 3. The molecule has 4 aromatic rings. The summed E-state index contributed by atoms with van der Waals surface area (Å²) >= 11 is 0. The predicted octanol–water partition coefficient (Wildman–Crippen LogP) is 6.05. The maximum Gasteiger partial charge on any atom is 0.255 e. The van der Waals surface area contributed by atoms with Gasteiger partial charge in [0.25, 0.3) is 5.91 Å². The molecule has 1 atom stereocenters. The lowest BCUT2D eigenvalue weighted by Gasteiger charge is -2.14. The second kappa shape index (κ2) is 10.6. The summed E-state index contributed by atoms with van der Waals surface area (Å²) in [4.78, 5) is 38.0. The minimum atomic E-state index is -0.500. The summed E-state index contributed by atoms with van der Waals surface area (Å²) in [5.41, 5.74) is 3.24. The SMILES string of the molecule is C[C@H](C(=O)Nc1ccc(C(=O)Nc2ccc(F)cc2)cc1)c1cccc(C(=O)c2ccccc2)c1. The third kappa shape index (κ3) is 5.86. The highest BCUT2D eigenvalue weighted by Crippen LogP contribution is 2.21. The van der Waals surface area contributed by atoms with Crippen molar-refractivity contribution in [2.75, 3.05) is 10.6 Å². The second-order valence-corrected chi connectivity index (χ2v) is 8.07. The van der Waals surface area contributed by atoms with Crippen molar-refractivity contribution in [2.24, 2.45) is 0 Å². The molecular weight excluding hydrogens is 443 g/mol. The van der Waals surface area contributed by atoms with Crippen LogP contribution in [0.4, 0.5) is 15.8 Å². The molecular formula is C29H23FN2O3. The van der Waals surface area contributed by atoms with Crippen LogP contribution >= 0.6 is 0 Å². The Morgan fingerprint density at radius 3 is 1.94 bits per heavy atom. The Morgan fingerprint density at radius 2 is 1.26 bits per heavy atom. The van der Waals surface area contributed by atoms with E-state index in [9.17, 15) is 18.8 Å². The van der Waals surface area contributed by atoms with Crippen LogP contribution in [0, 0.1) is 5.82 Å². The normalized spacial score (nSPS) is 11.4. The van der Waals surface area contributed by atoms with Crippen molar-refractivity contribution in [1.29, 1.82) is 0 Å². The summed E-state index contributed by atoms with van der Waals surface area (Å²) in [5, 5.41) is 5.54. The van der Waals surface area contributed by atoms with Crippen LogP contribution in [0.15, 0.2) is 103 Å². The lowest BCUT2D eigenvalue weighted by Crippen LogP contribution is -2.19. The van der Waals surface area contributed by atoms with Crippen molar-refractivity contribution in [1.82, 2.24) is 0 Å². The van der Waals surface area contributed by atoms with Gasteiger partial charge in [0, 0.05) is 28.1 Å². The number of anilines is 2. The Bertz CT molecular complexity index is 1350. The third-order valence-electron chi connectivity index (χ3n) is 5.59. The summed E-state index contributed by atoms with van der Waals surface area (Å²) in [6.45, 7) is 1.77. The standard InChI is InChI=1S/C29H23FN2O3/c1-19(22-8-5-9-23(18-22)27(33)20-6-3-2-4-7-20)28(34)31-25-14-10-21(11-15-25)29(35)32-26-16-12-24(30)13-17-26/h2-19H,1H3,(H,31,34)(H,32,35)/t19-/m0/s1. The Labute approximate surface area is 202 Å². The van der Waals surface area contributed by atoms with E-state index in [0.29, 0.717) is 28.1 Å². The third-order valence-corrected chi connectivity index (χ3v) is 5.59. The van der Waals surface area contributed by atoms with Crippen LogP contribution in [0.3, 0.4) is 0 Å². The number of benzene rings is 4. The summed E-state index contributed by atoms with van der Waals surface area (Å²) in [6, 6.07) is 28.0. The van der Waals surface area contributed by atoms with Crippen molar-refractivity contribution in [2.45, 2.75) is 12.8 Å². The van der Waals surface area contributed by atoms with Crippen molar-refractivity contribution in [3.63, 3.8) is 0 Å². The molecule has 5 nitrogen and oxygen atoms in total. The lowest BCUT2D eigenvalue weighted by atomic mass is 9.95. The minimum Gasteiger partial charge on any atom is -0.326 e. The average Bonchev–Trinajstić information content (AvgIpc) is 2.90. The van der Waals surface area contributed by atoms with E-state index >= 15 is 0 Å². The van der Waals surface area contributed by atoms with E-state index in [1.807, 2.05) is 24.3 Å². The molecule has 35 heavy (non-hydrogen) atoms. The molecule has 0 aromatic heterocycles. The molecule has 4 rings (SSSR count). The monoisotopic (exact) mass is 466 g/mol. The molecule has 0 fully saturated rings. The van der Waals surface area contributed by atoms with Gasteiger partial charge in [0.1, 0.15) is 5.82 Å². The molecule has 0 aliphatic rings. The lowest BCUT2D eigenvalue weighted by molar-refractivity contribution is -0.117. The number of amides is 2. The quantitative estimate of drug-likeness (QED) is 0.326. The molecule has 0 bridgehead atoms. The number of carbonyl (C=O) groups is 3. The maximum atomic E-state index is 13.0. The highest BCUT2D eigenvalue weighted by molar-refractivity contribution is 6.09. The van der Waals surface area contributed by atoms with Crippen molar-refractivity contribution >= 4 is 29.0 Å². The topological polar surface area (TPSA) is 75.3 Å². The summed E-state index contributed by atoms with van der Waals surface area (Å²) in [5.74, 6) is -1.57. The highest BCUT2D eigenvalue weighted by atomic mass is 19.1. The number of nitrogens with one attached hydrogen (secondary N) is 2. The Balaban J connectivity index is 1.40. The van der Waals surface area contributed by atoms with Gasteiger partial charge in [-0.3, -0.25) is 14.4 Å². The fraction of sp³-hybridized carbons (Fsp3) is 0.0690. The van der Waals surface area contributed by atoms with Crippen molar-refractivity contribution < 1.29 is 18.8 Å². The Kier molecular flexibility index (Phi) is 7.12. The van der Waals surface area contributed by atoms with Crippen molar-refractivity contribution in [3.8, 4) is 0 Å². The Hall–Kier alpha value is -4.58. The zero-order valence-electron chi connectivity index (χ0n) is 19.0. The molecule has 0 heterocycles. The minimum absolute atomic E-state index is 0.102. The molecule has 0 spiro atoms. The van der Waals surface area contributed by atoms with Gasteiger partial charge in [-0.25, -0.2) is 4.39 Å². The van der Waals surface area contributed by atoms with Gasteiger partial charge in [0.15, 0.2) is 5.78 Å². The van der Waals surface area contributed by atoms with Gasteiger partial charge >= 0.3 is 0 Å². The molecule has 0 saturated carbocycles. The average molecular weight is 467 g/mol. The van der Waals surface area contributed by atoms with Crippen LogP contribution < -0.4 is 10.6 Å². The van der Waals surface area contributed by atoms with E-state index in [0.717, 1.165) is 5.56 Å². The predicted molar refractivity (Wildman–Crippen MR) is 134 cm³/mol. The first-order valence-corrected chi connectivity index (χ1v) is 11.1. The van der Waals surface area contributed by atoms with E-state index < -0.39 is 5.92 Å². The van der Waals surface area contributed by atoms with Crippen LogP contribution in [0.1, 0.15) is 44.7 Å². The largest absolute Gasteiger partial charge is 0.326 e.